The summed E-state index contributed by atoms with van der Waals surface area (Å²) in [5.41, 5.74) is 6.60. The summed E-state index contributed by atoms with van der Waals surface area (Å²) in [5, 5.41) is 0. The zero-order valence-corrected chi connectivity index (χ0v) is 13.2. The molecule has 0 bridgehead atoms. The van der Waals surface area contributed by atoms with Crippen LogP contribution in [0.15, 0.2) is 48.1 Å². The van der Waals surface area contributed by atoms with Gasteiger partial charge in [0.25, 0.3) is 0 Å². The van der Waals surface area contributed by atoms with Gasteiger partial charge in [-0.3, -0.25) is 4.79 Å². The van der Waals surface area contributed by atoms with Gasteiger partial charge in [0.05, 0.1) is 0 Å². The molecule has 0 unspecified atom stereocenters. The van der Waals surface area contributed by atoms with Gasteiger partial charge in [0.1, 0.15) is 0 Å². The van der Waals surface area contributed by atoms with E-state index in [1.54, 1.807) is 6.92 Å². The fourth-order valence-corrected chi connectivity index (χ4v) is 2.17. The van der Waals surface area contributed by atoms with E-state index in [9.17, 15) is 4.79 Å². The van der Waals surface area contributed by atoms with Crippen molar-refractivity contribution in [3.05, 3.63) is 64.8 Å². The quantitative estimate of drug-likeness (QED) is 0.517. The normalized spacial score (nSPS) is 12.4. The first-order chi connectivity index (χ1) is 9.40. The van der Waals surface area contributed by atoms with Gasteiger partial charge in [-0.1, -0.05) is 43.4 Å². The largest absolute Gasteiger partial charge is 0.295 e. The van der Waals surface area contributed by atoms with E-state index >= 15 is 0 Å². The number of hydrogen-bond acceptors (Lipinski definition) is 1. The summed E-state index contributed by atoms with van der Waals surface area (Å²) < 4.78 is 0. The molecule has 0 saturated heterocycles. The molecule has 0 amide bonds. The minimum atomic E-state index is 0.111. The zero-order chi connectivity index (χ0) is 15.3. The molecule has 1 heteroatoms. The molecule has 0 N–H and O–H groups in total. The van der Waals surface area contributed by atoms with Gasteiger partial charge in [-0.15, -0.1) is 0 Å². The van der Waals surface area contributed by atoms with Crippen LogP contribution in [0.1, 0.15) is 56.1 Å². The molecule has 1 rings (SSSR count). The third-order valence-electron chi connectivity index (χ3n) is 3.43. The number of benzene rings is 1. The number of ketones is 1. The molecule has 0 fully saturated rings. The number of carbonyl (C=O) groups is 1. The van der Waals surface area contributed by atoms with Gasteiger partial charge in [0, 0.05) is 5.56 Å². The van der Waals surface area contributed by atoms with Crippen molar-refractivity contribution in [3.8, 4) is 0 Å². The van der Waals surface area contributed by atoms with Crippen LogP contribution in [0, 0.1) is 0 Å². The second-order valence-corrected chi connectivity index (χ2v) is 5.16. The predicted molar refractivity (Wildman–Crippen MR) is 88.0 cm³/mol. The Labute approximate surface area is 122 Å². The fraction of sp³-hybridized carbons (Fsp3) is 0.316. The summed E-state index contributed by atoms with van der Waals surface area (Å²) in [5.74, 6) is 0.111. The van der Waals surface area contributed by atoms with Gasteiger partial charge < -0.3 is 0 Å². The molecule has 0 aliphatic heterocycles. The van der Waals surface area contributed by atoms with Crippen LogP contribution in [-0.4, -0.2) is 5.78 Å². The molecule has 0 spiro atoms. The van der Waals surface area contributed by atoms with Gasteiger partial charge in [-0.05, 0) is 62.5 Å². The molecule has 1 nitrogen and oxygen atoms in total. The van der Waals surface area contributed by atoms with Crippen molar-refractivity contribution >= 4 is 11.4 Å². The minimum Gasteiger partial charge on any atom is -0.295 e. The highest BCUT2D eigenvalue weighted by Gasteiger charge is 2.10. The zero-order valence-electron chi connectivity index (χ0n) is 13.2. The van der Waals surface area contributed by atoms with E-state index in [1.807, 2.05) is 26.0 Å². The molecule has 0 aromatic heterocycles. The maximum atomic E-state index is 11.5. The minimum absolute atomic E-state index is 0.111. The Balaban J connectivity index is 3.49. The lowest BCUT2D eigenvalue weighted by atomic mass is 9.90. The molecule has 0 heterocycles. The number of allylic oxidation sites excluding steroid dienone is 5. The first-order valence-electron chi connectivity index (χ1n) is 7.05. The predicted octanol–water partition coefficient (Wildman–Crippen LogP) is 5.38. The van der Waals surface area contributed by atoms with Gasteiger partial charge in [0.15, 0.2) is 5.78 Å². The first-order valence-corrected chi connectivity index (χ1v) is 7.05. The van der Waals surface area contributed by atoms with Crippen LogP contribution >= 0.6 is 0 Å². The summed E-state index contributed by atoms with van der Waals surface area (Å²) >= 11 is 0. The number of rotatable bonds is 5. The highest BCUT2D eigenvalue weighted by molar-refractivity contribution is 5.95. The van der Waals surface area contributed by atoms with Crippen molar-refractivity contribution in [3.63, 3.8) is 0 Å². The lowest BCUT2D eigenvalue weighted by Gasteiger charge is -2.14. The van der Waals surface area contributed by atoms with Crippen molar-refractivity contribution in [1.29, 1.82) is 0 Å². The smallest absolute Gasteiger partial charge is 0.159 e. The molecular weight excluding hydrogens is 244 g/mol. The summed E-state index contributed by atoms with van der Waals surface area (Å²) in [6.45, 7) is 13.8. The van der Waals surface area contributed by atoms with E-state index < -0.39 is 0 Å². The molecule has 0 radical (unpaired) electrons. The summed E-state index contributed by atoms with van der Waals surface area (Å²) in [7, 11) is 0. The highest BCUT2D eigenvalue weighted by atomic mass is 16.1. The number of Topliss-reactive ketones (excluding diaryl/α,β-unsaturated/α-hetero) is 1. The van der Waals surface area contributed by atoms with E-state index in [0.29, 0.717) is 0 Å². The van der Waals surface area contributed by atoms with Crippen molar-refractivity contribution in [2.75, 3.05) is 0 Å². The Morgan fingerprint density at radius 3 is 2.35 bits per heavy atom. The second kappa shape index (κ2) is 7.04. The van der Waals surface area contributed by atoms with E-state index in [2.05, 4.69) is 38.6 Å². The van der Waals surface area contributed by atoms with Crippen LogP contribution in [0.5, 0.6) is 0 Å². The molecule has 0 aliphatic rings. The summed E-state index contributed by atoms with van der Waals surface area (Å²) in [6, 6.07) is 5.97. The van der Waals surface area contributed by atoms with Crippen LogP contribution in [0.25, 0.3) is 5.57 Å². The lowest BCUT2D eigenvalue weighted by molar-refractivity contribution is 0.101. The molecular formula is C19H24O. The van der Waals surface area contributed by atoms with Crippen molar-refractivity contribution in [2.24, 2.45) is 0 Å². The van der Waals surface area contributed by atoms with E-state index in [-0.39, 0.29) is 5.78 Å². The van der Waals surface area contributed by atoms with Crippen molar-refractivity contribution in [1.82, 2.24) is 0 Å². The van der Waals surface area contributed by atoms with E-state index in [4.69, 9.17) is 0 Å². The van der Waals surface area contributed by atoms with E-state index in [0.717, 1.165) is 17.6 Å². The molecule has 0 aliphatic carbocycles. The van der Waals surface area contributed by atoms with Gasteiger partial charge in [-0.2, -0.15) is 0 Å². The number of carbonyl (C=O) groups excluding carboxylic acids is 1. The lowest BCUT2D eigenvalue weighted by Crippen LogP contribution is -1.99. The van der Waals surface area contributed by atoms with Crippen LogP contribution in [-0.2, 0) is 6.42 Å². The Morgan fingerprint density at radius 1 is 1.25 bits per heavy atom. The monoisotopic (exact) mass is 268 g/mol. The Morgan fingerprint density at radius 2 is 1.90 bits per heavy atom. The summed E-state index contributed by atoms with van der Waals surface area (Å²) in [6.07, 6.45) is 5.12. The first kappa shape index (κ1) is 16.2. The van der Waals surface area contributed by atoms with Crippen LogP contribution < -0.4 is 0 Å². The molecule has 1 aromatic rings. The molecule has 0 saturated carbocycles. The topological polar surface area (TPSA) is 17.1 Å². The Hall–Kier alpha value is -1.89. The second-order valence-electron chi connectivity index (χ2n) is 5.16. The van der Waals surface area contributed by atoms with E-state index in [1.165, 1.54) is 22.3 Å². The maximum Gasteiger partial charge on any atom is 0.159 e. The third-order valence-corrected chi connectivity index (χ3v) is 3.43. The van der Waals surface area contributed by atoms with Crippen molar-refractivity contribution in [2.45, 2.75) is 41.0 Å². The SMILES string of the molecule is C=C(C)/C=C(\C(C)=C/C)c1ccc(C(C)=O)cc1CC. The standard InChI is InChI=1S/C19H24O/c1-7-14(5)19(11-13(3)4)18-10-9-17(15(6)20)12-16(18)8-2/h7,9-12H,3,8H2,1-2,4-6H3/b14-7-,19-11+. The Bertz CT molecular complexity index is 586. The number of hydrogen-bond donors (Lipinski definition) is 0. The number of aryl methyl sites for hydroxylation is 1. The average Bonchev–Trinajstić information content (AvgIpc) is 2.43. The van der Waals surface area contributed by atoms with Crippen LogP contribution in [0.4, 0.5) is 0 Å². The van der Waals surface area contributed by atoms with Gasteiger partial charge >= 0.3 is 0 Å². The average molecular weight is 268 g/mol. The van der Waals surface area contributed by atoms with Crippen LogP contribution in [0.2, 0.25) is 0 Å². The summed E-state index contributed by atoms with van der Waals surface area (Å²) in [4.78, 5) is 11.5. The molecule has 0 atom stereocenters. The Kier molecular flexibility index (Phi) is 5.69. The fourth-order valence-electron chi connectivity index (χ4n) is 2.17. The third kappa shape index (κ3) is 3.80. The highest BCUT2D eigenvalue weighted by Crippen LogP contribution is 2.28. The molecule has 1 aromatic carbocycles. The molecule has 106 valence electrons. The van der Waals surface area contributed by atoms with Crippen LogP contribution in [0.3, 0.4) is 0 Å². The maximum absolute atomic E-state index is 11.5. The molecule has 20 heavy (non-hydrogen) atoms. The van der Waals surface area contributed by atoms with Gasteiger partial charge in [0.2, 0.25) is 0 Å². The van der Waals surface area contributed by atoms with Crippen molar-refractivity contribution < 1.29 is 4.79 Å². The van der Waals surface area contributed by atoms with Gasteiger partial charge in [-0.25, -0.2) is 0 Å².